The fourth-order valence-corrected chi connectivity index (χ4v) is 6.91. The van der Waals surface area contributed by atoms with Crippen molar-refractivity contribution in [1.82, 2.24) is 4.90 Å². The standard InChI is InChI=1S/C19H34N2/c1-13-3-4-21(12-18(13)11-20)14(2)19-8-15-5-16(9-19)7-17(6-15)10-19/h13-18H,3-12,20H2,1-2H3. The highest BCUT2D eigenvalue weighted by atomic mass is 15.2. The predicted molar refractivity (Wildman–Crippen MR) is 88.0 cm³/mol. The van der Waals surface area contributed by atoms with Gasteiger partial charge in [0.1, 0.15) is 0 Å². The summed E-state index contributed by atoms with van der Waals surface area (Å²) >= 11 is 0. The minimum atomic E-state index is 0.675. The molecule has 4 saturated carbocycles. The Morgan fingerprint density at radius 1 is 1.10 bits per heavy atom. The van der Waals surface area contributed by atoms with Crippen LogP contribution in [0, 0.1) is 35.0 Å². The van der Waals surface area contributed by atoms with Crippen molar-refractivity contribution in [2.75, 3.05) is 19.6 Å². The molecule has 3 unspecified atom stereocenters. The summed E-state index contributed by atoms with van der Waals surface area (Å²) in [6, 6.07) is 0.799. The molecule has 21 heavy (non-hydrogen) atoms. The molecule has 2 nitrogen and oxygen atoms in total. The van der Waals surface area contributed by atoms with Gasteiger partial charge < -0.3 is 5.73 Å². The van der Waals surface area contributed by atoms with E-state index in [0.717, 1.165) is 42.2 Å². The summed E-state index contributed by atoms with van der Waals surface area (Å²) in [7, 11) is 0. The first kappa shape index (κ1) is 14.5. The average molecular weight is 290 g/mol. The van der Waals surface area contributed by atoms with Crippen LogP contribution in [0.3, 0.4) is 0 Å². The van der Waals surface area contributed by atoms with Gasteiger partial charge in [-0.3, -0.25) is 4.90 Å². The van der Waals surface area contributed by atoms with E-state index in [1.165, 1.54) is 19.5 Å². The maximum absolute atomic E-state index is 6.04. The number of nitrogens with two attached hydrogens (primary N) is 1. The smallest absolute Gasteiger partial charge is 0.0124 e. The molecule has 4 aliphatic carbocycles. The summed E-state index contributed by atoms with van der Waals surface area (Å²) in [6.07, 6.45) is 10.7. The third-order valence-electron chi connectivity index (χ3n) is 7.97. The van der Waals surface area contributed by atoms with Gasteiger partial charge >= 0.3 is 0 Å². The van der Waals surface area contributed by atoms with E-state index in [4.69, 9.17) is 5.73 Å². The fourth-order valence-electron chi connectivity index (χ4n) is 6.91. The quantitative estimate of drug-likeness (QED) is 0.862. The molecule has 1 aliphatic heterocycles. The molecular weight excluding hydrogens is 256 g/mol. The van der Waals surface area contributed by atoms with Crippen molar-refractivity contribution in [2.24, 2.45) is 40.7 Å². The van der Waals surface area contributed by atoms with Crippen molar-refractivity contribution >= 4 is 0 Å². The van der Waals surface area contributed by atoms with Gasteiger partial charge in [0.2, 0.25) is 0 Å². The molecule has 0 aromatic rings. The molecule has 120 valence electrons. The van der Waals surface area contributed by atoms with Crippen LogP contribution in [0.25, 0.3) is 0 Å². The molecule has 5 aliphatic rings. The van der Waals surface area contributed by atoms with Crippen molar-refractivity contribution < 1.29 is 0 Å². The first-order chi connectivity index (χ1) is 10.1. The predicted octanol–water partition coefficient (Wildman–Crippen LogP) is 3.51. The Kier molecular flexibility index (Phi) is 3.61. The van der Waals surface area contributed by atoms with Crippen LogP contribution >= 0.6 is 0 Å². The highest BCUT2D eigenvalue weighted by molar-refractivity contribution is 5.06. The van der Waals surface area contributed by atoms with Crippen LogP contribution in [-0.2, 0) is 0 Å². The number of hydrogen-bond acceptors (Lipinski definition) is 2. The minimum Gasteiger partial charge on any atom is -0.330 e. The largest absolute Gasteiger partial charge is 0.330 e. The second kappa shape index (κ2) is 5.23. The summed E-state index contributed by atoms with van der Waals surface area (Å²) in [5, 5.41) is 0. The van der Waals surface area contributed by atoms with E-state index in [2.05, 4.69) is 18.7 Å². The van der Waals surface area contributed by atoms with Crippen LogP contribution in [0.15, 0.2) is 0 Å². The SMILES string of the molecule is CC1CCN(C(C)C23CC4CC(CC(C4)C2)C3)CC1CN. The summed E-state index contributed by atoms with van der Waals surface area (Å²) < 4.78 is 0. The van der Waals surface area contributed by atoms with E-state index in [1.807, 2.05) is 0 Å². The van der Waals surface area contributed by atoms with Gasteiger partial charge in [-0.05, 0) is 100.0 Å². The molecule has 2 N–H and O–H groups in total. The monoisotopic (exact) mass is 290 g/mol. The van der Waals surface area contributed by atoms with Gasteiger partial charge in [-0.1, -0.05) is 6.92 Å². The molecule has 0 radical (unpaired) electrons. The first-order valence-corrected chi connectivity index (χ1v) is 9.54. The molecule has 2 heteroatoms. The van der Waals surface area contributed by atoms with Crippen LogP contribution in [0.5, 0.6) is 0 Å². The second-order valence-electron chi connectivity index (χ2n) is 9.21. The van der Waals surface area contributed by atoms with Crippen molar-refractivity contribution in [2.45, 2.75) is 64.8 Å². The van der Waals surface area contributed by atoms with E-state index < -0.39 is 0 Å². The molecular formula is C19H34N2. The lowest BCUT2D eigenvalue weighted by Gasteiger charge is -2.61. The van der Waals surface area contributed by atoms with Crippen molar-refractivity contribution in [3.8, 4) is 0 Å². The molecule has 5 fully saturated rings. The summed E-state index contributed by atoms with van der Waals surface area (Å²) in [5.74, 6) is 4.79. The first-order valence-electron chi connectivity index (χ1n) is 9.54. The van der Waals surface area contributed by atoms with Crippen molar-refractivity contribution in [3.05, 3.63) is 0 Å². The number of piperidine rings is 1. The van der Waals surface area contributed by atoms with Gasteiger partial charge in [-0.25, -0.2) is 0 Å². The van der Waals surface area contributed by atoms with E-state index in [0.29, 0.717) is 5.41 Å². The Balaban J connectivity index is 1.50. The molecule has 1 heterocycles. The van der Waals surface area contributed by atoms with E-state index in [-0.39, 0.29) is 0 Å². The number of rotatable bonds is 3. The Labute approximate surface area is 130 Å². The zero-order valence-corrected chi connectivity index (χ0v) is 14.1. The minimum absolute atomic E-state index is 0.675. The van der Waals surface area contributed by atoms with Gasteiger partial charge in [-0.2, -0.15) is 0 Å². The topological polar surface area (TPSA) is 29.3 Å². The molecule has 1 saturated heterocycles. The number of hydrogen-bond donors (Lipinski definition) is 1. The zero-order chi connectivity index (χ0) is 14.6. The van der Waals surface area contributed by atoms with Crippen LogP contribution in [0.2, 0.25) is 0 Å². The normalized spacial score (nSPS) is 51.3. The average Bonchev–Trinajstić information content (AvgIpc) is 2.45. The molecule has 0 aromatic carbocycles. The Morgan fingerprint density at radius 3 is 2.19 bits per heavy atom. The van der Waals surface area contributed by atoms with Crippen LogP contribution < -0.4 is 5.73 Å². The summed E-state index contributed by atoms with van der Waals surface area (Å²) in [6.45, 7) is 8.44. The molecule has 0 spiro atoms. The molecule has 3 atom stereocenters. The second-order valence-corrected chi connectivity index (χ2v) is 9.21. The molecule has 4 bridgehead atoms. The highest BCUT2D eigenvalue weighted by Crippen LogP contribution is 2.62. The lowest BCUT2D eigenvalue weighted by Crippen LogP contribution is -2.58. The van der Waals surface area contributed by atoms with Crippen molar-refractivity contribution in [1.29, 1.82) is 0 Å². The van der Waals surface area contributed by atoms with E-state index in [9.17, 15) is 0 Å². The van der Waals surface area contributed by atoms with Gasteiger partial charge in [0.05, 0.1) is 0 Å². The maximum atomic E-state index is 6.04. The van der Waals surface area contributed by atoms with Gasteiger partial charge in [0, 0.05) is 12.6 Å². The Hall–Kier alpha value is -0.0800. The fraction of sp³-hybridized carbons (Fsp3) is 1.00. The number of likely N-dealkylation sites (tertiary alicyclic amines) is 1. The zero-order valence-electron chi connectivity index (χ0n) is 14.1. The van der Waals surface area contributed by atoms with Crippen LogP contribution in [0.1, 0.15) is 58.8 Å². The van der Waals surface area contributed by atoms with Gasteiger partial charge in [0.25, 0.3) is 0 Å². The van der Waals surface area contributed by atoms with E-state index in [1.54, 1.807) is 38.5 Å². The molecule has 0 aromatic heterocycles. The number of nitrogens with zero attached hydrogens (tertiary/aromatic N) is 1. The Morgan fingerprint density at radius 2 is 1.67 bits per heavy atom. The maximum Gasteiger partial charge on any atom is 0.0124 e. The summed E-state index contributed by atoms with van der Waals surface area (Å²) in [4.78, 5) is 2.84. The van der Waals surface area contributed by atoms with Crippen LogP contribution in [-0.4, -0.2) is 30.6 Å². The highest BCUT2D eigenvalue weighted by Gasteiger charge is 2.54. The van der Waals surface area contributed by atoms with Crippen LogP contribution in [0.4, 0.5) is 0 Å². The lowest BCUT2D eigenvalue weighted by atomic mass is 9.47. The van der Waals surface area contributed by atoms with E-state index >= 15 is 0 Å². The lowest BCUT2D eigenvalue weighted by molar-refractivity contribution is -0.104. The van der Waals surface area contributed by atoms with Gasteiger partial charge in [-0.15, -0.1) is 0 Å². The third kappa shape index (κ3) is 2.37. The molecule has 5 rings (SSSR count). The van der Waals surface area contributed by atoms with Crippen molar-refractivity contribution in [3.63, 3.8) is 0 Å². The third-order valence-corrected chi connectivity index (χ3v) is 7.97. The molecule has 0 amide bonds. The van der Waals surface area contributed by atoms with Gasteiger partial charge in [0.15, 0.2) is 0 Å². The Bertz CT molecular complexity index is 356. The summed E-state index contributed by atoms with van der Waals surface area (Å²) in [5.41, 5.74) is 6.71.